The van der Waals surface area contributed by atoms with Gasteiger partial charge >= 0.3 is 0 Å². The molecule has 0 spiro atoms. The number of aromatic nitrogens is 3. The monoisotopic (exact) mass is 503 g/mol. The van der Waals surface area contributed by atoms with Gasteiger partial charge < -0.3 is 9.47 Å². The Bertz CT molecular complexity index is 1850. The van der Waals surface area contributed by atoms with Crippen LogP contribution in [-0.4, -0.2) is 34.9 Å². The third-order valence-electron chi connectivity index (χ3n) is 5.98. The Labute approximate surface area is 217 Å². The van der Waals surface area contributed by atoms with Crippen LogP contribution < -0.4 is 20.6 Å². The zero-order valence-electron chi connectivity index (χ0n) is 20.5. The smallest absolute Gasteiger partial charge is 0.299 e. The lowest BCUT2D eigenvalue weighted by atomic mass is 10.1. The third-order valence-corrected chi connectivity index (χ3v) is 5.98. The Morgan fingerprint density at radius 2 is 1.53 bits per heavy atom. The van der Waals surface area contributed by atoms with E-state index >= 15 is 0 Å². The van der Waals surface area contributed by atoms with Crippen molar-refractivity contribution in [3.8, 4) is 34.5 Å². The second kappa shape index (κ2) is 10.2. The number of methoxy groups -OCH3 is 2. The fourth-order valence-corrected chi connectivity index (χ4v) is 4.15. The van der Waals surface area contributed by atoms with Gasteiger partial charge in [0.1, 0.15) is 23.1 Å². The molecule has 0 saturated heterocycles. The van der Waals surface area contributed by atoms with Crippen LogP contribution in [-0.2, 0) is 0 Å². The molecular formula is C29H21N5O4. The van der Waals surface area contributed by atoms with Crippen LogP contribution in [0.2, 0.25) is 0 Å². The molecule has 0 unspecified atom stereocenters. The van der Waals surface area contributed by atoms with Gasteiger partial charge in [0.2, 0.25) is 0 Å². The number of pyridine rings is 1. The van der Waals surface area contributed by atoms with Crippen molar-refractivity contribution in [2.75, 3.05) is 14.2 Å². The summed E-state index contributed by atoms with van der Waals surface area (Å²) in [6.45, 7) is 0. The maximum atomic E-state index is 14.0. The molecule has 0 radical (unpaired) electrons. The third kappa shape index (κ3) is 4.20. The normalized spacial score (nSPS) is 11.0. The maximum absolute atomic E-state index is 14.0. The fraction of sp³-hybridized carbons (Fsp3) is 0.0690. The van der Waals surface area contributed by atoms with Crippen molar-refractivity contribution in [2.45, 2.75) is 0 Å². The Kier molecular flexibility index (Phi) is 6.53. The van der Waals surface area contributed by atoms with Crippen molar-refractivity contribution in [3.05, 3.63) is 117 Å². The summed E-state index contributed by atoms with van der Waals surface area (Å²) in [5, 5.41) is 18.9. The molecular weight excluding hydrogens is 482 g/mol. The minimum atomic E-state index is -0.633. The van der Waals surface area contributed by atoms with Gasteiger partial charge in [-0.05, 0) is 42.5 Å². The number of nitrogens with zero attached hydrogens (tertiary/aromatic N) is 5. The molecule has 186 valence electrons. The van der Waals surface area contributed by atoms with Gasteiger partial charge in [-0.2, -0.15) is 24.8 Å². The lowest BCUT2D eigenvalue weighted by molar-refractivity contribution is 0.414. The molecule has 38 heavy (non-hydrogen) atoms. The van der Waals surface area contributed by atoms with E-state index < -0.39 is 11.1 Å². The molecule has 0 saturated carbocycles. The first-order chi connectivity index (χ1) is 18.6. The first-order valence-electron chi connectivity index (χ1n) is 11.6. The molecule has 3 aromatic carbocycles. The SMILES string of the molecule is COc1ccccc1/C=N/n1c(-c2ccccc2OC)cc2c(C#N)c(=O)n(-c3ccccc3)nc2c1=O. The minimum Gasteiger partial charge on any atom is -0.496 e. The number of fused-ring (bicyclic) bond motifs is 1. The van der Waals surface area contributed by atoms with Crippen LogP contribution in [0.15, 0.2) is 99.6 Å². The number of ether oxygens (including phenoxy) is 2. The standard InChI is InChI=1S/C29H21N5O4/c1-37-25-14-8-6-10-19(25)18-31-34-24(21-13-7-9-15-26(21)38-2)16-22-23(17-30)28(35)33(32-27(22)29(34)36)20-11-4-3-5-12-20/h3-16,18H,1-2H3/b31-18+. The number of hydrogen-bond acceptors (Lipinski definition) is 7. The Hall–Kier alpha value is -5.49. The molecule has 5 aromatic rings. The molecule has 0 atom stereocenters. The van der Waals surface area contributed by atoms with Crippen LogP contribution >= 0.6 is 0 Å². The van der Waals surface area contributed by atoms with E-state index in [9.17, 15) is 14.9 Å². The molecule has 9 nitrogen and oxygen atoms in total. The Morgan fingerprint density at radius 1 is 0.868 bits per heavy atom. The molecule has 9 heteroatoms. The van der Waals surface area contributed by atoms with Crippen LogP contribution in [0.3, 0.4) is 0 Å². The first kappa shape index (κ1) is 24.2. The van der Waals surface area contributed by atoms with Crippen LogP contribution in [0.4, 0.5) is 0 Å². The molecule has 0 bridgehead atoms. The molecule has 0 aliphatic heterocycles. The van der Waals surface area contributed by atoms with Gasteiger partial charge in [-0.3, -0.25) is 9.59 Å². The second-order valence-corrected chi connectivity index (χ2v) is 8.13. The first-order valence-corrected chi connectivity index (χ1v) is 11.6. The summed E-state index contributed by atoms with van der Waals surface area (Å²) in [7, 11) is 3.06. The van der Waals surface area contributed by atoms with Crippen LogP contribution in [0.1, 0.15) is 11.1 Å². The van der Waals surface area contributed by atoms with Gasteiger partial charge in [-0.1, -0.05) is 42.5 Å². The summed E-state index contributed by atoms with van der Waals surface area (Å²) in [5.41, 5.74) is 0.404. The fourth-order valence-electron chi connectivity index (χ4n) is 4.15. The lowest BCUT2D eigenvalue weighted by Gasteiger charge is -2.14. The van der Waals surface area contributed by atoms with Gasteiger partial charge in [0.05, 0.1) is 31.8 Å². The van der Waals surface area contributed by atoms with Crippen molar-refractivity contribution in [2.24, 2.45) is 5.10 Å². The molecule has 0 fully saturated rings. The average Bonchev–Trinajstić information content (AvgIpc) is 2.97. The van der Waals surface area contributed by atoms with Gasteiger partial charge in [0.15, 0.2) is 5.52 Å². The highest BCUT2D eigenvalue weighted by Crippen LogP contribution is 2.31. The van der Waals surface area contributed by atoms with E-state index in [4.69, 9.17) is 9.47 Å². The molecule has 0 aliphatic carbocycles. The van der Waals surface area contributed by atoms with E-state index in [0.29, 0.717) is 34.0 Å². The van der Waals surface area contributed by atoms with E-state index in [0.717, 1.165) is 4.68 Å². The molecule has 2 aromatic heterocycles. The van der Waals surface area contributed by atoms with E-state index in [1.165, 1.54) is 18.0 Å². The van der Waals surface area contributed by atoms with Crippen molar-refractivity contribution >= 4 is 17.1 Å². The largest absolute Gasteiger partial charge is 0.496 e. The number of nitriles is 1. The van der Waals surface area contributed by atoms with Crippen molar-refractivity contribution in [1.29, 1.82) is 5.26 Å². The summed E-state index contributed by atoms with van der Waals surface area (Å²) >= 11 is 0. The topological polar surface area (TPSA) is 112 Å². The maximum Gasteiger partial charge on any atom is 0.299 e. The van der Waals surface area contributed by atoms with Crippen molar-refractivity contribution < 1.29 is 9.47 Å². The number of para-hydroxylation sites is 3. The van der Waals surface area contributed by atoms with Crippen molar-refractivity contribution in [1.82, 2.24) is 14.5 Å². The van der Waals surface area contributed by atoms with Gasteiger partial charge in [0, 0.05) is 16.5 Å². The van der Waals surface area contributed by atoms with E-state index in [-0.39, 0.29) is 16.5 Å². The van der Waals surface area contributed by atoms with Gasteiger partial charge in [0.25, 0.3) is 11.1 Å². The predicted molar refractivity (Wildman–Crippen MR) is 144 cm³/mol. The molecule has 0 aliphatic rings. The number of rotatable bonds is 6. The highest BCUT2D eigenvalue weighted by atomic mass is 16.5. The Balaban J connectivity index is 1.87. The summed E-state index contributed by atoms with van der Waals surface area (Å²) in [6.07, 6.45) is 1.50. The second-order valence-electron chi connectivity index (χ2n) is 8.13. The highest BCUT2D eigenvalue weighted by Gasteiger charge is 2.21. The predicted octanol–water partition coefficient (Wildman–Crippen LogP) is 3.99. The number of hydrogen-bond donors (Lipinski definition) is 0. The van der Waals surface area contributed by atoms with E-state index in [2.05, 4.69) is 10.2 Å². The molecule has 0 amide bonds. The average molecular weight is 504 g/mol. The van der Waals surface area contributed by atoms with Crippen LogP contribution in [0.25, 0.3) is 27.8 Å². The van der Waals surface area contributed by atoms with Gasteiger partial charge in [-0.15, -0.1) is 0 Å². The van der Waals surface area contributed by atoms with Gasteiger partial charge in [-0.25, -0.2) is 0 Å². The summed E-state index contributed by atoms with van der Waals surface area (Å²) in [5.74, 6) is 1.06. The van der Waals surface area contributed by atoms with Crippen LogP contribution in [0, 0.1) is 11.3 Å². The molecule has 0 N–H and O–H groups in total. The van der Waals surface area contributed by atoms with E-state index in [1.54, 1.807) is 79.9 Å². The molecule has 5 rings (SSSR count). The van der Waals surface area contributed by atoms with E-state index in [1.807, 2.05) is 18.2 Å². The quantitative estimate of drug-likeness (QED) is 0.324. The van der Waals surface area contributed by atoms with Crippen LogP contribution in [0.5, 0.6) is 11.5 Å². The minimum absolute atomic E-state index is 0.0826. The highest BCUT2D eigenvalue weighted by molar-refractivity contribution is 5.89. The zero-order valence-corrected chi connectivity index (χ0v) is 20.5. The summed E-state index contributed by atoms with van der Waals surface area (Å²) in [4.78, 5) is 27.2. The summed E-state index contributed by atoms with van der Waals surface area (Å²) < 4.78 is 13.2. The molecule has 2 heterocycles. The van der Waals surface area contributed by atoms with Crippen molar-refractivity contribution in [3.63, 3.8) is 0 Å². The Morgan fingerprint density at radius 3 is 2.24 bits per heavy atom. The zero-order chi connectivity index (χ0) is 26.6. The number of benzene rings is 3. The summed E-state index contributed by atoms with van der Waals surface area (Å²) in [6, 6.07) is 26.5. The lowest BCUT2D eigenvalue weighted by Crippen LogP contribution is -2.29.